The van der Waals surface area contributed by atoms with Crippen LogP contribution in [0.1, 0.15) is 92.9 Å². The quantitative estimate of drug-likeness (QED) is 0.0674. The van der Waals surface area contributed by atoms with Crippen LogP contribution in [0.5, 0.6) is 0 Å². The molecular formula is C20H44O4P2S4Zn. The van der Waals surface area contributed by atoms with Crippen molar-refractivity contribution in [1.29, 1.82) is 0 Å². The van der Waals surface area contributed by atoms with Gasteiger partial charge < -0.3 is 42.6 Å². The molecule has 0 bridgehead atoms. The SMILES string of the molecule is CCCCCCOP(=S)([S-])OCC(C)C.CCCCCCOP(=S)([S-])OCC(C)C.[Zn+2]. The Balaban J connectivity index is -0.000000490. The fourth-order valence-corrected chi connectivity index (χ4v) is 5.41. The van der Waals surface area contributed by atoms with Crippen LogP contribution in [0.15, 0.2) is 0 Å². The Morgan fingerprint density at radius 3 is 1.19 bits per heavy atom. The summed E-state index contributed by atoms with van der Waals surface area (Å²) in [5.41, 5.74) is -4.76. The van der Waals surface area contributed by atoms with Crippen LogP contribution in [0.4, 0.5) is 0 Å². The smallest absolute Gasteiger partial charge is 0.691 e. The maximum absolute atomic E-state index is 5.44. The van der Waals surface area contributed by atoms with E-state index in [4.69, 9.17) is 66.2 Å². The summed E-state index contributed by atoms with van der Waals surface area (Å²) < 4.78 is 21.7. The molecule has 0 heterocycles. The molecule has 184 valence electrons. The minimum absolute atomic E-state index is 0. The molecule has 31 heavy (non-hydrogen) atoms. The molecule has 4 nitrogen and oxygen atoms in total. The predicted octanol–water partition coefficient (Wildman–Crippen LogP) is 8.05. The van der Waals surface area contributed by atoms with Crippen LogP contribution in [0.3, 0.4) is 0 Å². The van der Waals surface area contributed by atoms with E-state index in [2.05, 4.69) is 41.5 Å². The first-order chi connectivity index (χ1) is 14.0. The molecule has 0 aromatic heterocycles. The second-order valence-corrected chi connectivity index (χ2v) is 18.0. The molecule has 0 N–H and O–H groups in total. The summed E-state index contributed by atoms with van der Waals surface area (Å²) in [7, 11) is 0. The average Bonchev–Trinajstić information content (AvgIpc) is 2.65. The zero-order valence-electron chi connectivity index (χ0n) is 20.5. The van der Waals surface area contributed by atoms with Crippen molar-refractivity contribution in [3.8, 4) is 0 Å². The summed E-state index contributed by atoms with van der Waals surface area (Å²) in [4.78, 5) is 0. The summed E-state index contributed by atoms with van der Waals surface area (Å²) >= 11 is 20.5. The van der Waals surface area contributed by atoms with Crippen molar-refractivity contribution in [2.75, 3.05) is 26.4 Å². The number of unbranched alkanes of at least 4 members (excludes halogenated alkanes) is 6. The average molecular weight is 604 g/mol. The molecule has 0 saturated carbocycles. The molecule has 0 radical (unpaired) electrons. The van der Waals surface area contributed by atoms with Gasteiger partial charge >= 0.3 is 19.5 Å². The first kappa shape index (κ1) is 38.0. The Morgan fingerprint density at radius 1 is 0.613 bits per heavy atom. The largest absolute Gasteiger partial charge is 2.00 e. The molecule has 0 fully saturated rings. The molecule has 0 aromatic rings. The summed E-state index contributed by atoms with van der Waals surface area (Å²) in [6, 6.07) is 0. The van der Waals surface area contributed by atoms with E-state index in [-0.39, 0.29) is 19.5 Å². The molecule has 2 atom stereocenters. The maximum Gasteiger partial charge on any atom is 2.00 e. The van der Waals surface area contributed by atoms with Gasteiger partial charge in [-0.2, -0.15) is 0 Å². The molecule has 0 rings (SSSR count). The van der Waals surface area contributed by atoms with Crippen molar-refractivity contribution in [2.45, 2.75) is 92.9 Å². The second-order valence-electron chi connectivity index (χ2n) is 8.06. The zero-order valence-corrected chi connectivity index (χ0v) is 28.5. The van der Waals surface area contributed by atoms with Gasteiger partial charge in [0.25, 0.3) is 0 Å². The van der Waals surface area contributed by atoms with E-state index in [0.717, 1.165) is 12.8 Å². The predicted molar refractivity (Wildman–Crippen MR) is 145 cm³/mol. The first-order valence-corrected chi connectivity index (χ1v) is 18.5. The van der Waals surface area contributed by atoms with Crippen molar-refractivity contribution in [2.24, 2.45) is 11.8 Å². The van der Waals surface area contributed by atoms with Crippen LogP contribution in [-0.2, 0) is 85.7 Å². The first-order valence-electron chi connectivity index (χ1n) is 11.2. The Bertz CT molecular complexity index is 444. The zero-order chi connectivity index (χ0) is 23.5. The molecule has 11 heteroatoms. The Labute approximate surface area is 226 Å². The molecule has 0 aliphatic rings. The summed E-state index contributed by atoms with van der Waals surface area (Å²) in [5, 5.41) is 0. The molecule has 0 aliphatic carbocycles. The Morgan fingerprint density at radius 2 is 0.935 bits per heavy atom. The topological polar surface area (TPSA) is 36.9 Å². The van der Waals surface area contributed by atoms with E-state index in [1.165, 1.54) is 38.5 Å². The van der Waals surface area contributed by atoms with Crippen LogP contribution >= 0.6 is 11.4 Å². The van der Waals surface area contributed by atoms with Crippen molar-refractivity contribution in [3.63, 3.8) is 0 Å². The van der Waals surface area contributed by atoms with Crippen LogP contribution in [0.25, 0.3) is 0 Å². The van der Waals surface area contributed by atoms with Crippen molar-refractivity contribution in [1.82, 2.24) is 0 Å². The minimum atomic E-state index is -2.38. The molecule has 0 aliphatic heterocycles. The minimum Gasteiger partial charge on any atom is -0.691 e. The molecule has 0 amide bonds. The maximum atomic E-state index is 5.44. The van der Waals surface area contributed by atoms with E-state index in [0.29, 0.717) is 38.3 Å². The van der Waals surface area contributed by atoms with Gasteiger partial charge in [0, 0.05) is 0 Å². The van der Waals surface area contributed by atoms with Crippen LogP contribution in [-0.4, -0.2) is 26.4 Å². The molecule has 0 spiro atoms. The third kappa shape index (κ3) is 32.5. The van der Waals surface area contributed by atoms with Gasteiger partial charge in [-0.25, -0.2) is 0 Å². The standard InChI is InChI=1S/2C10H23O2PS2.Zn/c2*1-4-5-6-7-8-11-13(14,15)12-9-10(2)3;/h2*10H,4-9H2,1-3H3,(H,14,15);/q;;+2/p-2. The van der Waals surface area contributed by atoms with E-state index in [9.17, 15) is 0 Å². The van der Waals surface area contributed by atoms with E-state index < -0.39 is 11.4 Å². The third-order valence-electron chi connectivity index (χ3n) is 3.63. The van der Waals surface area contributed by atoms with E-state index >= 15 is 0 Å². The summed E-state index contributed by atoms with van der Waals surface area (Å²) in [6.07, 6.45) is 9.39. The van der Waals surface area contributed by atoms with Crippen LogP contribution < -0.4 is 0 Å². The van der Waals surface area contributed by atoms with E-state index in [1.54, 1.807) is 0 Å². The molecule has 0 aromatic carbocycles. The Hall–Kier alpha value is 2.46. The van der Waals surface area contributed by atoms with Crippen molar-refractivity contribution >= 4 is 59.5 Å². The van der Waals surface area contributed by atoms with Crippen molar-refractivity contribution < 1.29 is 37.6 Å². The van der Waals surface area contributed by atoms with Gasteiger partial charge in [0.05, 0.1) is 37.8 Å². The fraction of sp³-hybridized carbons (Fsp3) is 1.00. The number of hydrogen-bond acceptors (Lipinski definition) is 8. The third-order valence-corrected chi connectivity index (χ3v) is 8.08. The van der Waals surface area contributed by atoms with Gasteiger partial charge in [-0.05, 0) is 24.7 Å². The van der Waals surface area contributed by atoms with Gasteiger partial charge in [-0.3, -0.25) is 0 Å². The Kier molecular flexibility index (Phi) is 29.6. The summed E-state index contributed by atoms with van der Waals surface area (Å²) in [6.45, 7) is 15.2. The second kappa shape index (κ2) is 24.2. The van der Waals surface area contributed by atoms with Gasteiger partial charge in [-0.15, -0.1) is 0 Å². The van der Waals surface area contributed by atoms with Gasteiger partial charge in [-0.1, -0.05) is 104 Å². The number of hydrogen-bond donors (Lipinski definition) is 0. The molecule has 0 saturated heterocycles. The number of rotatable bonds is 18. The van der Waals surface area contributed by atoms with Crippen LogP contribution in [0.2, 0.25) is 0 Å². The monoisotopic (exact) mass is 602 g/mol. The van der Waals surface area contributed by atoms with Gasteiger partial charge in [0.15, 0.2) is 0 Å². The van der Waals surface area contributed by atoms with E-state index in [1.807, 2.05) is 0 Å². The van der Waals surface area contributed by atoms with Crippen molar-refractivity contribution in [3.05, 3.63) is 0 Å². The molecule has 2 unspecified atom stereocenters. The summed E-state index contributed by atoms with van der Waals surface area (Å²) in [5.74, 6) is 0.915. The fourth-order valence-electron chi connectivity index (χ4n) is 1.97. The van der Waals surface area contributed by atoms with Gasteiger partial charge in [0.1, 0.15) is 0 Å². The van der Waals surface area contributed by atoms with Gasteiger partial charge in [0.2, 0.25) is 0 Å². The molecular weight excluding hydrogens is 560 g/mol. The van der Waals surface area contributed by atoms with Crippen LogP contribution in [0, 0.1) is 11.8 Å². The normalized spacial score (nSPS) is 15.0.